The zero-order chi connectivity index (χ0) is 14.1. The van der Waals surface area contributed by atoms with E-state index in [9.17, 15) is 4.79 Å². The Hall–Kier alpha value is -1.06. The Balaban J connectivity index is 2.17. The summed E-state index contributed by atoms with van der Waals surface area (Å²) >= 11 is 6.10. The molecule has 0 spiro atoms. The molecule has 1 N–H and O–H groups in total. The van der Waals surface area contributed by atoms with Gasteiger partial charge in [0, 0.05) is 19.8 Å². The number of halogens is 1. The number of amides is 1. The fourth-order valence-corrected chi connectivity index (χ4v) is 1.79. The van der Waals surface area contributed by atoms with E-state index in [0.717, 1.165) is 18.6 Å². The molecule has 1 rings (SSSR count). The van der Waals surface area contributed by atoms with Gasteiger partial charge in [0.15, 0.2) is 0 Å². The van der Waals surface area contributed by atoms with Gasteiger partial charge in [0.05, 0.1) is 0 Å². The average molecular weight is 284 g/mol. The van der Waals surface area contributed by atoms with E-state index >= 15 is 0 Å². The fourth-order valence-electron chi connectivity index (χ4n) is 1.57. The second kappa shape index (κ2) is 8.94. The summed E-state index contributed by atoms with van der Waals surface area (Å²) in [7, 11) is 0. The van der Waals surface area contributed by atoms with Crippen LogP contribution in [-0.2, 0) is 9.53 Å². The normalized spacial score (nSPS) is 12.4. The minimum Gasteiger partial charge on any atom is -0.381 e. The lowest BCUT2D eigenvalue weighted by Crippen LogP contribution is -2.28. The predicted octanol–water partition coefficient (Wildman–Crippen LogP) is 3.15. The molecule has 0 aliphatic carbocycles. The van der Waals surface area contributed by atoms with E-state index in [1.54, 1.807) is 0 Å². The number of ether oxygens (including phenoxy) is 1. The van der Waals surface area contributed by atoms with Crippen molar-refractivity contribution < 1.29 is 9.53 Å². The summed E-state index contributed by atoms with van der Waals surface area (Å²) in [6, 6.07) is 9.35. The number of rotatable bonds is 8. The summed E-state index contributed by atoms with van der Waals surface area (Å²) in [5.74, 6) is 0.386. The van der Waals surface area contributed by atoms with Crippen molar-refractivity contribution in [3.8, 4) is 0 Å². The highest BCUT2D eigenvalue weighted by Crippen LogP contribution is 2.19. The molecule has 0 saturated heterocycles. The summed E-state index contributed by atoms with van der Waals surface area (Å²) in [6.45, 7) is 6.24. The third-order valence-electron chi connectivity index (χ3n) is 2.54. The SMILES string of the molecule is CC(C)COCCCNC(=O)C(Cl)c1ccccc1. The molecule has 0 aliphatic heterocycles. The van der Waals surface area contributed by atoms with Crippen LogP contribution in [0.1, 0.15) is 31.2 Å². The lowest BCUT2D eigenvalue weighted by atomic mass is 10.1. The second-order valence-corrected chi connectivity index (χ2v) is 5.32. The van der Waals surface area contributed by atoms with Gasteiger partial charge in [-0.3, -0.25) is 4.79 Å². The highest BCUT2D eigenvalue weighted by Gasteiger charge is 2.16. The number of nitrogens with one attached hydrogen (secondary N) is 1. The molecule has 0 aliphatic rings. The maximum absolute atomic E-state index is 11.8. The third-order valence-corrected chi connectivity index (χ3v) is 2.99. The van der Waals surface area contributed by atoms with Gasteiger partial charge in [-0.1, -0.05) is 44.2 Å². The first-order valence-electron chi connectivity index (χ1n) is 6.65. The monoisotopic (exact) mass is 283 g/mol. The summed E-state index contributed by atoms with van der Waals surface area (Å²) in [5.41, 5.74) is 0.817. The smallest absolute Gasteiger partial charge is 0.242 e. The van der Waals surface area contributed by atoms with E-state index < -0.39 is 5.38 Å². The highest BCUT2D eigenvalue weighted by molar-refractivity contribution is 6.30. The van der Waals surface area contributed by atoms with Gasteiger partial charge < -0.3 is 10.1 Å². The third kappa shape index (κ3) is 6.60. The summed E-state index contributed by atoms with van der Waals surface area (Å²) in [6.07, 6.45) is 0.802. The van der Waals surface area contributed by atoms with Crippen LogP contribution < -0.4 is 5.32 Å². The first-order valence-corrected chi connectivity index (χ1v) is 7.09. The molecule has 1 aromatic carbocycles. The molecule has 0 aromatic heterocycles. The average Bonchev–Trinajstić information content (AvgIpc) is 2.42. The van der Waals surface area contributed by atoms with E-state index in [1.807, 2.05) is 30.3 Å². The molecule has 0 radical (unpaired) electrons. The molecular formula is C15H22ClNO2. The van der Waals surface area contributed by atoms with Crippen molar-refractivity contribution in [3.05, 3.63) is 35.9 Å². The Morgan fingerprint density at radius 2 is 2.00 bits per heavy atom. The largest absolute Gasteiger partial charge is 0.381 e. The lowest BCUT2D eigenvalue weighted by Gasteiger charge is -2.11. The van der Waals surface area contributed by atoms with Gasteiger partial charge in [-0.05, 0) is 17.9 Å². The van der Waals surface area contributed by atoms with E-state index in [4.69, 9.17) is 16.3 Å². The number of carbonyl (C=O) groups excluding carboxylic acids is 1. The molecule has 4 heteroatoms. The maximum Gasteiger partial charge on any atom is 0.242 e. The van der Waals surface area contributed by atoms with Gasteiger partial charge in [-0.15, -0.1) is 11.6 Å². The van der Waals surface area contributed by atoms with Crippen molar-refractivity contribution >= 4 is 17.5 Å². The standard InChI is InChI=1S/C15H22ClNO2/c1-12(2)11-19-10-6-9-17-15(18)14(16)13-7-4-3-5-8-13/h3-5,7-8,12,14H,6,9-11H2,1-2H3,(H,17,18). The van der Waals surface area contributed by atoms with E-state index in [2.05, 4.69) is 19.2 Å². The van der Waals surface area contributed by atoms with Gasteiger partial charge in [0.1, 0.15) is 5.38 Å². The van der Waals surface area contributed by atoms with Crippen LogP contribution in [-0.4, -0.2) is 25.7 Å². The maximum atomic E-state index is 11.8. The Kier molecular flexibility index (Phi) is 7.53. The highest BCUT2D eigenvalue weighted by atomic mass is 35.5. The van der Waals surface area contributed by atoms with Gasteiger partial charge in [0.2, 0.25) is 5.91 Å². The van der Waals surface area contributed by atoms with Crippen LogP contribution in [0, 0.1) is 5.92 Å². The van der Waals surface area contributed by atoms with Crippen LogP contribution in [0.2, 0.25) is 0 Å². The van der Waals surface area contributed by atoms with Gasteiger partial charge in [0.25, 0.3) is 0 Å². The fraction of sp³-hybridized carbons (Fsp3) is 0.533. The van der Waals surface area contributed by atoms with Crippen molar-refractivity contribution in [3.63, 3.8) is 0 Å². The number of alkyl halides is 1. The molecule has 1 atom stereocenters. The molecule has 1 amide bonds. The first kappa shape index (κ1) is 16.0. The van der Waals surface area contributed by atoms with Crippen molar-refractivity contribution in [2.75, 3.05) is 19.8 Å². The van der Waals surface area contributed by atoms with Crippen molar-refractivity contribution in [2.45, 2.75) is 25.6 Å². The number of hydrogen-bond donors (Lipinski definition) is 1. The predicted molar refractivity (Wildman–Crippen MR) is 78.3 cm³/mol. The zero-order valence-electron chi connectivity index (χ0n) is 11.6. The molecule has 0 fully saturated rings. The van der Waals surface area contributed by atoms with E-state index in [-0.39, 0.29) is 5.91 Å². The second-order valence-electron chi connectivity index (χ2n) is 4.89. The number of hydrogen-bond acceptors (Lipinski definition) is 2. The Morgan fingerprint density at radius 1 is 1.32 bits per heavy atom. The number of carbonyl (C=O) groups is 1. The van der Waals surface area contributed by atoms with E-state index in [0.29, 0.717) is 19.1 Å². The Labute approximate surface area is 120 Å². The van der Waals surface area contributed by atoms with Gasteiger partial charge in [-0.2, -0.15) is 0 Å². The molecule has 106 valence electrons. The minimum atomic E-state index is -0.627. The van der Waals surface area contributed by atoms with Crippen LogP contribution in [0.4, 0.5) is 0 Å². The Morgan fingerprint density at radius 3 is 2.63 bits per heavy atom. The molecule has 0 heterocycles. The lowest BCUT2D eigenvalue weighted by molar-refractivity contribution is -0.120. The van der Waals surface area contributed by atoms with Crippen molar-refractivity contribution in [1.82, 2.24) is 5.32 Å². The molecular weight excluding hydrogens is 262 g/mol. The molecule has 0 bridgehead atoms. The number of benzene rings is 1. The van der Waals surface area contributed by atoms with Crippen LogP contribution in [0.5, 0.6) is 0 Å². The van der Waals surface area contributed by atoms with Gasteiger partial charge in [-0.25, -0.2) is 0 Å². The quantitative estimate of drug-likeness (QED) is 0.588. The van der Waals surface area contributed by atoms with Crippen LogP contribution in [0.25, 0.3) is 0 Å². The summed E-state index contributed by atoms with van der Waals surface area (Å²) in [4.78, 5) is 11.8. The molecule has 1 unspecified atom stereocenters. The first-order chi connectivity index (χ1) is 9.11. The van der Waals surface area contributed by atoms with E-state index in [1.165, 1.54) is 0 Å². The molecule has 0 saturated carbocycles. The minimum absolute atomic E-state index is 0.156. The Bertz CT molecular complexity index is 368. The van der Waals surface area contributed by atoms with Gasteiger partial charge >= 0.3 is 0 Å². The summed E-state index contributed by atoms with van der Waals surface area (Å²) in [5, 5.41) is 2.19. The topological polar surface area (TPSA) is 38.3 Å². The zero-order valence-corrected chi connectivity index (χ0v) is 12.3. The summed E-state index contributed by atoms with van der Waals surface area (Å²) < 4.78 is 5.44. The van der Waals surface area contributed by atoms with Crippen molar-refractivity contribution in [2.24, 2.45) is 5.92 Å². The van der Waals surface area contributed by atoms with Crippen LogP contribution in [0.3, 0.4) is 0 Å². The molecule has 19 heavy (non-hydrogen) atoms. The molecule has 1 aromatic rings. The van der Waals surface area contributed by atoms with Crippen LogP contribution in [0.15, 0.2) is 30.3 Å². The van der Waals surface area contributed by atoms with Crippen molar-refractivity contribution in [1.29, 1.82) is 0 Å². The molecule has 3 nitrogen and oxygen atoms in total. The van der Waals surface area contributed by atoms with Crippen LogP contribution >= 0.6 is 11.6 Å².